The van der Waals surface area contributed by atoms with Crippen LogP contribution in [0.3, 0.4) is 0 Å². The molecule has 4 nitrogen and oxygen atoms in total. The van der Waals surface area contributed by atoms with Gasteiger partial charge in [-0.05, 0) is 90.1 Å². The molecule has 0 aromatic heterocycles. The smallest absolute Gasteiger partial charge is 0.175 e. The second kappa shape index (κ2) is 12.3. The van der Waals surface area contributed by atoms with Crippen molar-refractivity contribution in [3.05, 3.63) is 57.8 Å². The Bertz CT molecular complexity index is 833. The van der Waals surface area contributed by atoms with Crippen molar-refractivity contribution in [2.24, 2.45) is 5.92 Å². The van der Waals surface area contributed by atoms with E-state index in [0.29, 0.717) is 25.0 Å². The van der Waals surface area contributed by atoms with E-state index in [0.717, 1.165) is 34.8 Å². The molecule has 1 atom stereocenters. The normalized spacial score (nSPS) is 21.7. The van der Waals surface area contributed by atoms with Crippen LogP contribution in [-0.2, 0) is 13.2 Å². The fraction of sp³-hybridized carbons (Fsp3) is 0.478. The zero-order valence-electron chi connectivity index (χ0n) is 17.6. The predicted octanol–water partition coefficient (Wildman–Crippen LogP) is 5.59. The summed E-state index contributed by atoms with van der Waals surface area (Å²) in [5.41, 5.74) is 2.08. The number of hydrogen-bond acceptors (Lipinski definition) is 4. The molecule has 172 valence electrons. The highest BCUT2D eigenvalue weighted by molar-refractivity contribution is 9.10. The average molecular weight is 536 g/mol. The van der Waals surface area contributed by atoms with Crippen molar-refractivity contribution in [3.8, 4) is 11.5 Å². The quantitative estimate of drug-likeness (QED) is 0.477. The van der Waals surface area contributed by atoms with Gasteiger partial charge in [0.2, 0.25) is 0 Å². The van der Waals surface area contributed by atoms with Crippen molar-refractivity contribution in [2.45, 2.75) is 39.0 Å². The number of fused-ring (bicyclic) bond motifs is 3. The van der Waals surface area contributed by atoms with Gasteiger partial charge in [0.15, 0.2) is 11.5 Å². The van der Waals surface area contributed by atoms with Crippen LogP contribution in [0.5, 0.6) is 11.5 Å². The molecule has 8 heteroatoms. The summed E-state index contributed by atoms with van der Waals surface area (Å²) >= 11 is 3.65. The largest absolute Gasteiger partial charge is 0.490 e. The minimum absolute atomic E-state index is 0. The minimum Gasteiger partial charge on any atom is -0.490 e. The van der Waals surface area contributed by atoms with Gasteiger partial charge in [0.05, 0.1) is 11.1 Å². The molecule has 3 saturated heterocycles. The molecule has 3 heterocycles. The zero-order valence-corrected chi connectivity index (χ0v) is 20.8. The molecule has 3 aliphatic heterocycles. The number of piperidine rings is 3. The van der Waals surface area contributed by atoms with Gasteiger partial charge >= 0.3 is 0 Å². The summed E-state index contributed by atoms with van der Waals surface area (Å²) < 4.78 is 25.8. The van der Waals surface area contributed by atoms with Gasteiger partial charge in [0.1, 0.15) is 12.4 Å². The first-order chi connectivity index (χ1) is 14.1. The molecular formula is C23H30BrCl2FN2O2. The third-order valence-electron chi connectivity index (χ3n) is 5.89. The summed E-state index contributed by atoms with van der Waals surface area (Å²) in [5.74, 6) is 1.97. The Hall–Kier alpha value is -1.05. The molecule has 0 radical (unpaired) electrons. The lowest BCUT2D eigenvalue weighted by atomic mass is 9.84. The highest BCUT2D eigenvalue weighted by atomic mass is 79.9. The van der Waals surface area contributed by atoms with Gasteiger partial charge in [-0.15, -0.1) is 24.8 Å². The summed E-state index contributed by atoms with van der Waals surface area (Å²) in [6.45, 7) is 7.36. The Balaban J connectivity index is 0.00000171. The van der Waals surface area contributed by atoms with Gasteiger partial charge in [0.25, 0.3) is 0 Å². The molecule has 5 rings (SSSR count). The van der Waals surface area contributed by atoms with Gasteiger partial charge in [-0.3, -0.25) is 0 Å². The second-order valence-corrected chi connectivity index (χ2v) is 8.73. The Kier molecular flexibility index (Phi) is 10.4. The molecule has 31 heavy (non-hydrogen) atoms. The maximum absolute atomic E-state index is 13.1. The number of ether oxygens (including phenoxy) is 2. The molecule has 3 aliphatic rings. The van der Waals surface area contributed by atoms with E-state index in [9.17, 15) is 4.39 Å². The maximum Gasteiger partial charge on any atom is 0.175 e. The van der Waals surface area contributed by atoms with E-state index in [1.165, 1.54) is 43.6 Å². The number of halogens is 4. The van der Waals surface area contributed by atoms with E-state index in [2.05, 4.69) is 38.3 Å². The maximum atomic E-state index is 13.1. The highest BCUT2D eigenvalue weighted by Gasteiger charge is 2.33. The van der Waals surface area contributed by atoms with Crippen LogP contribution in [0, 0.1) is 11.7 Å². The van der Waals surface area contributed by atoms with Crippen LogP contribution in [0.1, 0.15) is 30.9 Å². The van der Waals surface area contributed by atoms with E-state index in [1.807, 2.05) is 6.92 Å². The van der Waals surface area contributed by atoms with Gasteiger partial charge in [-0.25, -0.2) is 4.39 Å². The van der Waals surface area contributed by atoms with Crippen molar-refractivity contribution in [3.63, 3.8) is 0 Å². The van der Waals surface area contributed by atoms with Gasteiger partial charge in [-0.2, -0.15) is 0 Å². The molecule has 0 aliphatic carbocycles. The van der Waals surface area contributed by atoms with Crippen molar-refractivity contribution in [1.82, 2.24) is 10.2 Å². The predicted molar refractivity (Wildman–Crippen MR) is 130 cm³/mol. The van der Waals surface area contributed by atoms with Gasteiger partial charge in [-0.1, -0.05) is 12.1 Å². The molecule has 2 bridgehead atoms. The Morgan fingerprint density at radius 3 is 2.39 bits per heavy atom. The van der Waals surface area contributed by atoms with Crippen LogP contribution in [-0.4, -0.2) is 37.2 Å². The molecular weight excluding hydrogens is 506 g/mol. The third-order valence-corrected chi connectivity index (χ3v) is 6.48. The standard InChI is InChI=1S/C23H28BrFN2O2.2ClH/c1-2-28-22-12-17(13-26-21-14-27-9-7-18(21)8-10-27)11-20(24)23(22)29-15-16-3-5-19(25)6-4-16;;/h3-6,11-12,18,21,26H,2,7-10,13-15H2,1H3;2*1H. The van der Waals surface area contributed by atoms with Crippen LogP contribution in [0.2, 0.25) is 0 Å². The van der Waals surface area contributed by atoms with E-state index < -0.39 is 0 Å². The number of hydrogen-bond donors (Lipinski definition) is 1. The van der Waals surface area contributed by atoms with E-state index in [1.54, 1.807) is 12.1 Å². The van der Waals surface area contributed by atoms with E-state index in [4.69, 9.17) is 9.47 Å². The Morgan fingerprint density at radius 2 is 1.77 bits per heavy atom. The second-order valence-electron chi connectivity index (χ2n) is 7.88. The Labute approximate surface area is 204 Å². The molecule has 0 spiro atoms. The summed E-state index contributed by atoms with van der Waals surface area (Å²) in [6, 6.07) is 11.1. The number of rotatable bonds is 8. The van der Waals surface area contributed by atoms with Crippen LogP contribution in [0.25, 0.3) is 0 Å². The van der Waals surface area contributed by atoms with E-state index >= 15 is 0 Å². The number of nitrogens with one attached hydrogen (secondary N) is 1. The summed E-state index contributed by atoms with van der Waals surface area (Å²) in [4.78, 5) is 2.56. The van der Waals surface area contributed by atoms with Crippen molar-refractivity contribution in [2.75, 3.05) is 26.2 Å². The third kappa shape index (κ3) is 6.72. The fourth-order valence-corrected chi connectivity index (χ4v) is 4.91. The van der Waals surface area contributed by atoms with Crippen molar-refractivity contribution >= 4 is 40.7 Å². The topological polar surface area (TPSA) is 33.7 Å². The summed E-state index contributed by atoms with van der Waals surface area (Å²) in [6.07, 6.45) is 2.61. The first-order valence-electron chi connectivity index (χ1n) is 10.4. The van der Waals surface area contributed by atoms with Crippen LogP contribution in [0.15, 0.2) is 40.9 Å². The molecule has 0 amide bonds. The highest BCUT2D eigenvalue weighted by Crippen LogP contribution is 2.38. The molecule has 1 unspecified atom stereocenters. The lowest BCUT2D eigenvalue weighted by Crippen LogP contribution is -2.55. The van der Waals surface area contributed by atoms with E-state index in [-0.39, 0.29) is 30.6 Å². The molecule has 2 aromatic rings. The number of nitrogens with zero attached hydrogens (tertiary/aromatic N) is 1. The SMILES string of the molecule is CCOc1cc(CNC2CN3CCC2CC3)cc(Br)c1OCc1ccc(F)cc1.Cl.Cl. The van der Waals surface area contributed by atoms with Crippen molar-refractivity contribution in [1.29, 1.82) is 0 Å². The molecule has 0 saturated carbocycles. The first kappa shape index (κ1) is 26.2. The fourth-order valence-electron chi connectivity index (χ4n) is 4.31. The van der Waals surface area contributed by atoms with Crippen LogP contribution < -0.4 is 14.8 Å². The van der Waals surface area contributed by atoms with Crippen molar-refractivity contribution < 1.29 is 13.9 Å². The minimum atomic E-state index is -0.246. The van der Waals surface area contributed by atoms with Crippen LogP contribution in [0.4, 0.5) is 4.39 Å². The van der Waals surface area contributed by atoms with Gasteiger partial charge in [0, 0.05) is 19.1 Å². The summed E-state index contributed by atoms with van der Waals surface area (Å²) in [7, 11) is 0. The molecule has 1 N–H and O–H groups in total. The van der Waals surface area contributed by atoms with Crippen LogP contribution >= 0.6 is 40.7 Å². The monoisotopic (exact) mass is 534 g/mol. The average Bonchev–Trinajstić information content (AvgIpc) is 2.74. The zero-order chi connectivity index (χ0) is 20.2. The summed E-state index contributed by atoms with van der Waals surface area (Å²) in [5, 5.41) is 3.75. The molecule has 2 aromatic carbocycles. The number of benzene rings is 2. The lowest BCUT2D eigenvalue weighted by molar-refractivity contribution is 0.0720. The lowest BCUT2D eigenvalue weighted by Gasteiger charge is -2.45. The first-order valence-corrected chi connectivity index (χ1v) is 11.2. The van der Waals surface area contributed by atoms with Gasteiger partial charge < -0.3 is 19.7 Å². The molecule has 3 fully saturated rings. The Morgan fingerprint density at radius 1 is 1.06 bits per heavy atom.